The van der Waals surface area contributed by atoms with Crippen molar-refractivity contribution in [2.75, 3.05) is 19.3 Å². The first-order valence-electron chi connectivity index (χ1n) is 5.49. The summed E-state index contributed by atoms with van der Waals surface area (Å²) in [5.41, 5.74) is -1.29. The summed E-state index contributed by atoms with van der Waals surface area (Å²) in [6.45, 7) is 4.97. The second kappa shape index (κ2) is 6.14. The second-order valence-corrected chi connectivity index (χ2v) is 6.28. The quantitative estimate of drug-likeness (QED) is 0.662. The molecule has 0 saturated carbocycles. The predicted molar refractivity (Wildman–Crippen MR) is 66.6 cm³/mol. The van der Waals surface area contributed by atoms with E-state index < -0.39 is 27.4 Å². The van der Waals surface area contributed by atoms with Gasteiger partial charge in [0.05, 0.1) is 12.7 Å². The molecule has 0 rings (SSSR count). The minimum absolute atomic E-state index is 0.0551. The molecular weight excluding hydrogens is 260 g/mol. The van der Waals surface area contributed by atoms with Crippen LogP contribution in [-0.2, 0) is 19.6 Å². The van der Waals surface area contributed by atoms with Gasteiger partial charge in [-0.1, -0.05) is 0 Å². The molecule has 0 spiro atoms. The Morgan fingerprint density at radius 2 is 1.83 bits per heavy atom. The van der Waals surface area contributed by atoms with Crippen LogP contribution in [0.5, 0.6) is 0 Å². The van der Waals surface area contributed by atoms with Crippen molar-refractivity contribution in [3.8, 4) is 0 Å². The van der Waals surface area contributed by atoms with Gasteiger partial charge in [-0.3, -0.25) is 9.59 Å². The number of carbonyl (C=O) groups is 2. The van der Waals surface area contributed by atoms with Gasteiger partial charge in [0, 0.05) is 13.1 Å². The monoisotopic (exact) mass is 280 g/mol. The van der Waals surface area contributed by atoms with Crippen molar-refractivity contribution in [1.29, 1.82) is 0 Å². The van der Waals surface area contributed by atoms with E-state index >= 15 is 0 Å². The number of aliphatic carboxylic acids is 1. The van der Waals surface area contributed by atoms with Crippen molar-refractivity contribution in [2.24, 2.45) is 0 Å². The highest BCUT2D eigenvalue weighted by molar-refractivity contribution is 7.88. The van der Waals surface area contributed by atoms with E-state index in [1.165, 1.54) is 18.7 Å². The average molecular weight is 280 g/mol. The molecule has 0 aliphatic rings. The van der Waals surface area contributed by atoms with Gasteiger partial charge >= 0.3 is 5.97 Å². The predicted octanol–water partition coefficient (Wildman–Crippen LogP) is -0.363. The first kappa shape index (κ1) is 16.9. The van der Waals surface area contributed by atoms with Crippen LogP contribution in [0, 0.1) is 0 Å². The fraction of sp³-hybridized carbons (Fsp3) is 0.800. The smallest absolute Gasteiger partial charge is 0.305 e. The molecule has 0 bridgehead atoms. The molecule has 18 heavy (non-hydrogen) atoms. The molecule has 0 heterocycles. The minimum atomic E-state index is -3.51. The number of carboxylic acid groups (broad SMARTS) is 1. The van der Waals surface area contributed by atoms with Gasteiger partial charge in [-0.2, -0.15) is 0 Å². The Morgan fingerprint density at radius 3 is 2.17 bits per heavy atom. The zero-order chi connectivity index (χ0) is 14.6. The lowest BCUT2D eigenvalue weighted by Gasteiger charge is -2.31. The molecule has 106 valence electrons. The van der Waals surface area contributed by atoms with Crippen molar-refractivity contribution >= 4 is 21.9 Å². The third-order valence-corrected chi connectivity index (χ3v) is 3.12. The SMILES string of the molecule is CCN(CCC(=O)O)C(=O)C(C)(C)NS(C)(=O)=O. The molecule has 0 radical (unpaired) electrons. The number of likely N-dealkylation sites (N-methyl/N-ethyl adjacent to an activating group) is 1. The summed E-state index contributed by atoms with van der Waals surface area (Å²) in [5.74, 6) is -1.45. The van der Waals surface area contributed by atoms with E-state index in [1.54, 1.807) is 6.92 Å². The van der Waals surface area contributed by atoms with Crippen molar-refractivity contribution in [3.05, 3.63) is 0 Å². The highest BCUT2D eigenvalue weighted by atomic mass is 32.2. The molecule has 0 aliphatic heterocycles. The molecule has 8 heteroatoms. The number of carboxylic acids is 1. The van der Waals surface area contributed by atoms with Crippen molar-refractivity contribution in [1.82, 2.24) is 9.62 Å². The van der Waals surface area contributed by atoms with Gasteiger partial charge in [-0.15, -0.1) is 0 Å². The van der Waals surface area contributed by atoms with Crippen LogP contribution in [-0.4, -0.2) is 55.2 Å². The number of hydrogen-bond donors (Lipinski definition) is 2. The number of carbonyl (C=O) groups excluding carboxylic acids is 1. The van der Waals surface area contributed by atoms with Gasteiger partial charge in [0.15, 0.2) is 0 Å². The summed E-state index contributed by atoms with van der Waals surface area (Å²) < 4.78 is 24.5. The van der Waals surface area contributed by atoms with Crippen LogP contribution in [0.2, 0.25) is 0 Å². The zero-order valence-electron chi connectivity index (χ0n) is 11.1. The highest BCUT2D eigenvalue weighted by Gasteiger charge is 2.34. The first-order valence-corrected chi connectivity index (χ1v) is 7.39. The van der Waals surface area contributed by atoms with E-state index in [9.17, 15) is 18.0 Å². The summed E-state index contributed by atoms with van der Waals surface area (Å²) in [6.07, 6.45) is 0.796. The molecule has 0 fully saturated rings. The van der Waals surface area contributed by atoms with Crippen LogP contribution in [0.1, 0.15) is 27.2 Å². The lowest BCUT2D eigenvalue weighted by molar-refractivity contribution is -0.140. The molecule has 0 aromatic heterocycles. The van der Waals surface area contributed by atoms with E-state index in [0.717, 1.165) is 6.26 Å². The lowest BCUT2D eigenvalue weighted by atomic mass is 10.1. The summed E-state index contributed by atoms with van der Waals surface area (Å²) in [6, 6.07) is 0. The van der Waals surface area contributed by atoms with E-state index in [2.05, 4.69) is 4.72 Å². The van der Waals surface area contributed by atoms with Crippen LogP contribution in [0.25, 0.3) is 0 Å². The van der Waals surface area contributed by atoms with Crippen LogP contribution in [0.4, 0.5) is 0 Å². The average Bonchev–Trinajstić information content (AvgIpc) is 2.14. The fourth-order valence-electron chi connectivity index (χ4n) is 1.54. The van der Waals surface area contributed by atoms with Gasteiger partial charge in [-0.25, -0.2) is 13.1 Å². The second-order valence-electron chi connectivity index (χ2n) is 4.53. The number of nitrogens with one attached hydrogen (secondary N) is 1. The molecule has 0 aliphatic carbocycles. The maximum atomic E-state index is 12.1. The maximum Gasteiger partial charge on any atom is 0.305 e. The van der Waals surface area contributed by atoms with Gasteiger partial charge in [0.25, 0.3) is 0 Å². The molecule has 0 unspecified atom stereocenters. The van der Waals surface area contributed by atoms with E-state index in [4.69, 9.17) is 5.11 Å². The first-order chi connectivity index (χ1) is 7.99. The largest absolute Gasteiger partial charge is 0.481 e. The molecule has 0 saturated heterocycles. The van der Waals surface area contributed by atoms with Gasteiger partial charge in [-0.05, 0) is 20.8 Å². The van der Waals surface area contributed by atoms with Crippen molar-refractivity contribution in [2.45, 2.75) is 32.7 Å². The Bertz CT molecular complexity index is 416. The summed E-state index contributed by atoms with van der Waals surface area (Å²) in [4.78, 5) is 23.9. The molecular formula is C10H20N2O5S. The van der Waals surface area contributed by atoms with E-state index in [1.807, 2.05) is 0 Å². The fourth-order valence-corrected chi connectivity index (χ4v) is 2.55. The summed E-state index contributed by atoms with van der Waals surface area (Å²) in [5, 5.41) is 8.58. The zero-order valence-corrected chi connectivity index (χ0v) is 11.9. The Balaban J connectivity index is 4.81. The highest BCUT2D eigenvalue weighted by Crippen LogP contribution is 2.10. The number of amides is 1. The molecule has 1 amide bonds. The molecule has 0 aromatic carbocycles. The topological polar surface area (TPSA) is 104 Å². The lowest BCUT2D eigenvalue weighted by Crippen LogP contribution is -2.55. The maximum absolute atomic E-state index is 12.1. The Morgan fingerprint density at radius 1 is 1.33 bits per heavy atom. The van der Waals surface area contributed by atoms with Gasteiger partial charge in [0.2, 0.25) is 15.9 Å². The third-order valence-electron chi connectivity index (χ3n) is 2.24. The molecule has 0 aromatic rings. The summed E-state index contributed by atoms with van der Waals surface area (Å²) in [7, 11) is -3.51. The normalized spacial score (nSPS) is 12.2. The van der Waals surface area contributed by atoms with Crippen LogP contribution >= 0.6 is 0 Å². The van der Waals surface area contributed by atoms with Crippen molar-refractivity contribution < 1.29 is 23.1 Å². The molecule has 7 nitrogen and oxygen atoms in total. The van der Waals surface area contributed by atoms with Crippen molar-refractivity contribution in [3.63, 3.8) is 0 Å². The molecule has 0 atom stereocenters. The number of rotatable bonds is 7. The Kier molecular flexibility index (Phi) is 5.75. The third kappa shape index (κ3) is 5.97. The van der Waals surface area contributed by atoms with Crippen LogP contribution in [0.3, 0.4) is 0 Å². The van der Waals surface area contributed by atoms with Crippen LogP contribution < -0.4 is 4.72 Å². The molecule has 2 N–H and O–H groups in total. The van der Waals surface area contributed by atoms with Gasteiger partial charge in [0.1, 0.15) is 5.54 Å². The minimum Gasteiger partial charge on any atom is -0.481 e. The van der Waals surface area contributed by atoms with Crippen LogP contribution in [0.15, 0.2) is 0 Å². The van der Waals surface area contributed by atoms with E-state index in [0.29, 0.717) is 6.54 Å². The van der Waals surface area contributed by atoms with E-state index in [-0.39, 0.29) is 13.0 Å². The number of hydrogen-bond acceptors (Lipinski definition) is 4. The number of sulfonamides is 1. The Hall–Kier alpha value is -1.15. The van der Waals surface area contributed by atoms with Gasteiger partial charge < -0.3 is 10.0 Å². The standard InChI is InChI=1S/C10H20N2O5S/c1-5-12(7-6-8(13)14)9(15)10(2,3)11-18(4,16)17/h11H,5-7H2,1-4H3,(H,13,14). The Labute approximate surface area is 107 Å². The summed E-state index contributed by atoms with van der Waals surface area (Å²) >= 11 is 0. The number of nitrogens with zero attached hydrogens (tertiary/aromatic N) is 1.